The molecule has 0 bridgehead atoms. The van der Waals surface area contributed by atoms with E-state index in [9.17, 15) is 4.79 Å². The molecule has 0 unspecified atom stereocenters. The van der Waals surface area contributed by atoms with Crippen molar-refractivity contribution in [3.63, 3.8) is 0 Å². The molecular weight excluding hydrogens is 482 g/mol. The van der Waals surface area contributed by atoms with E-state index in [2.05, 4.69) is 20.9 Å². The number of hydrogen-bond acceptors (Lipinski definition) is 8. The quantitative estimate of drug-likeness (QED) is 0.195. The number of fused-ring (bicyclic) bond motifs is 3. The van der Waals surface area contributed by atoms with Gasteiger partial charge in [-0.05, 0) is 64.4 Å². The first kappa shape index (κ1) is 27.3. The van der Waals surface area contributed by atoms with Crippen molar-refractivity contribution in [2.75, 3.05) is 25.5 Å². The number of para-hydroxylation sites is 1. The first-order chi connectivity index (χ1) is 18.3. The molecule has 0 atom stereocenters. The molecule has 0 saturated heterocycles. The normalized spacial score (nSPS) is 11.8. The number of anilines is 1. The summed E-state index contributed by atoms with van der Waals surface area (Å²) in [7, 11) is 0. The Bertz CT molecular complexity index is 1400. The molecule has 2 aromatic carbocycles. The molecule has 2 aromatic heterocycles. The number of benzene rings is 2. The minimum Gasteiger partial charge on any atom is -0.476 e. The maximum absolute atomic E-state index is 12.2. The summed E-state index contributed by atoms with van der Waals surface area (Å²) in [4.78, 5) is 21.5. The number of imidazole rings is 1. The first-order valence-corrected chi connectivity index (χ1v) is 13.1. The van der Waals surface area contributed by atoms with Gasteiger partial charge in [-0.2, -0.15) is 0 Å². The molecule has 0 fully saturated rings. The van der Waals surface area contributed by atoms with Crippen molar-refractivity contribution >= 4 is 33.7 Å². The number of carbonyl (C=O) groups excluding carboxylic acids is 1. The fourth-order valence-electron chi connectivity index (χ4n) is 4.40. The van der Waals surface area contributed by atoms with E-state index in [1.807, 2.05) is 49.4 Å². The molecule has 0 radical (unpaired) electrons. The SMILES string of the molecule is CCOCc1nc2c(N)nc3ccccc3c2n1CCCNCc1cccc(OC(C)(C)C(=O)OCC)c1. The molecule has 4 rings (SSSR count). The van der Waals surface area contributed by atoms with Crippen molar-refractivity contribution in [2.24, 2.45) is 0 Å². The summed E-state index contributed by atoms with van der Waals surface area (Å²) in [6, 6.07) is 15.7. The Morgan fingerprint density at radius 1 is 1.08 bits per heavy atom. The summed E-state index contributed by atoms with van der Waals surface area (Å²) < 4.78 is 18.9. The van der Waals surface area contributed by atoms with Crippen LogP contribution in [0.5, 0.6) is 5.75 Å². The van der Waals surface area contributed by atoms with E-state index in [4.69, 9.17) is 24.9 Å². The molecule has 9 heteroatoms. The number of nitrogens with one attached hydrogen (secondary N) is 1. The van der Waals surface area contributed by atoms with Gasteiger partial charge >= 0.3 is 5.97 Å². The summed E-state index contributed by atoms with van der Waals surface area (Å²) >= 11 is 0. The summed E-state index contributed by atoms with van der Waals surface area (Å²) in [5.41, 5.74) is 8.86. The van der Waals surface area contributed by atoms with Crippen molar-refractivity contribution < 1.29 is 19.0 Å². The van der Waals surface area contributed by atoms with Gasteiger partial charge in [0.1, 0.15) is 23.7 Å². The molecule has 9 nitrogen and oxygen atoms in total. The summed E-state index contributed by atoms with van der Waals surface area (Å²) in [5.74, 6) is 1.53. The maximum Gasteiger partial charge on any atom is 0.349 e. The van der Waals surface area contributed by atoms with Gasteiger partial charge in [0, 0.05) is 25.1 Å². The predicted octanol–water partition coefficient (Wildman–Crippen LogP) is 4.60. The number of hydrogen-bond donors (Lipinski definition) is 2. The van der Waals surface area contributed by atoms with Gasteiger partial charge in [0.15, 0.2) is 11.4 Å². The number of nitrogens with two attached hydrogens (primary N) is 1. The van der Waals surface area contributed by atoms with E-state index in [-0.39, 0.29) is 5.97 Å². The number of aryl methyl sites for hydroxylation is 1. The molecule has 202 valence electrons. The number of ether oxygens (including phenoxy) is 3. The van der Waals surface area contributed by atoms with Crippen molar-refractivity contribution in [1.29, 1.82) is 0 Å². The lowest BCUT2D eigenvalue weighted by atomic mass is 10.1. The minimum atomic E-state index is -1.06. The summed E-state index contributed by atoms with van der Waals surface area (Å²) in [6.07, 6.45) is 0.882. The van der Waals surface area contributed by atoms with Crippen LogP contribution >= 0.6 is 0 Å². The standard InChI is InChI=1S/C29H37N5O4/c1-5-36-19-24-33-25-26(22-13-7-8-14-23(22)32-27(25)30)34(24)16-10-15-31-18-20-11-9-12-21(17-20)38-29(3,4)28(35)37-6-2/h7-9,11-14,17,31H,5-6,10,15-16,18-19H2,1-4H3,(H2,30,32). The van der Waals surface area contributed by atoms with Crippen molar-refractivity contribution in [3.8, 4) is 5.75 Å². The third-order valence-electron chi connectivity index (χ3n) is 6.23. The Labute approximate surface area is 223 Å². The van der Waals surface area contributed by atoms with Crippen LogP contribution in [0.25, 0.3) is 21.9 Å². The number of aromatic nitrogens is 3. The number of nitrogens with zero attached hydrogens (tertiary/aromatic N) is 3. The van der Waals surface area contributed by atoms with Gasteiger partial charge in [0.25, 0.3) is 0 Å². The number of carbonyl (C=O) groups is 1. The second kappa shape index (κ2) is 12.2. The largest absolute Gasteiger partial charge is 0.476 e. The van der Waals surface area contributed by atoms with Gasteiger partial charge in [0.05, 0.1) is 17.6 Å². The Hall–Kier alpha value is -3.69. The predicted molar refractivity (Wildman–Crippen MR) is 149 cm³/mol. The van der Waals surface area contributed by atoms with Crippen LogP contribution in [0.4, 0.5) is 5.82 Å². The molecular formula is C29H37N5O4. The van der Waals surface area contributed by atoms with Crippen LogP contribution in [-0.4, -0.2) is 45.9 Å². The molecule has 38 heavy (non-hydrogen) atoms. The first-order valence-electron chi connectivity index (χ1n) is 13.1. The van der Waals surface area contributed by atoms with Crippen LogP contribution in [0.15, 0.2) is 48.5 Å². The van der Waals surface area contributed by atoms with Crippen LogP contribution in [0, 0.1) is 0 Å². The molecule has 0 aliphatic rings. The van der Waals surface area contributed by atoms with E-state index >= 15 is 0 Å². The molecule has 4 aromatic rings. The van der Waals surface area contributed by atoms with Crippen LogP contribution in [0.3, 0.4) is 0 Å². The zero-order valence-corrected chi connectivity index (χ0v) is 22.6. The lowest BCUT2D eigenvalue weighted by molar-refractivity contribution is -0.158. The second-order valence-electron chi connectivity index (χ2n) is 9.54. The third-order valence-corrected chi connectivity index (χ3v) is 6.23. The highest BCUT2D eigenvalue weighted by atomic mass is 16.6. The highest BCUT2D eigenvalue weighted by molar-refractivity contribution is 6.06. The van der Waals surface area contributed by atoms with E-state index in [0.29, 0.717) is 43.4 Å². The van der Waals surface area contributed by atoms with Crippen LogP contribution < -0.4 is 15.8 Å². The molecule has 0 spiro atoms. The van der Waals surface area contributed by atoms with Gasteiger partial charge in [-0.1, -0.05) is 30.3 Å². The van der Waals surface area contributed by atoms with Gasteiger partial charge in [-0.3, -0.25) is 0 Å². The third kappa shape index (κ3) is 6.23. The van der Waals surface area contributed by atoms with Crippen LogP contribution in [0.1, 0.15) is 45.5 Å². The zero-order valence-electron chi connectivity index (χ0n) is 22.6. The molecule has 0 amide bonds. The average molecular weight is 520 g/mol. The Balaban J connectivity index is 1.41. The van der Waals surface area contributed by atoms with Gasteiger partial charge in [-0.15, -0.1) is 0 Å². The summed E-state index contributed by atoms with van der Waals surface area (Å²) in [5, 5.41) is 4.54. The average Bonchev–Trinajstić information content (AvgIpc) is 3.26. The monoisotopic (exact) mass is 519 g/mol. The zero-order chi connectivity index (χ0) is 27.1. The second-order valence-corrected chi connectivity index (χ2v) is 9.54. The van der Waals surface area contributed by atoms with E-state index < -0.39 is 5.60 Å². The van der Waals surface area contributed by atoms with Gasteiger partial charge in [-0.25, -0.2) is 14.8 Å². The van der Waals surface area contributed by atoms with E-state index in [1.54, 1.807) is 20.8 Å². The number of esters is 1. The van der Waals surface area contributed by atoms with Gasteiger partial charge < -0.3 is 29.8 Å². The highest BCUT2D eigenvalue weighted by Gasteiger charge is 2.31. The number of nitrogen functional groups attached to an aromatic ring is 1. The van der Waals surface area contributed by atoms with E-state index in [1.165, 1.54) is 0 Å². The molecule has 0 aliphatic carbocycles. The molecule has 2 heterocycles. The highest BCUT2D eigenvalue weighted by Crippen LogP contribution is 2.29. The van der Waals surface area contributed by atoms with Crippen LogP contribution in [-0.2, 0) is 34.0 Å². The fourth-order valence-corrected chi connectivity index (χ4v) is 4.40. The molecule has 3 N–H and O–H groups in total. The Morgan fingerprint density at radius 2 is 1.89 bits per heavy atom. The Kier molecular flexibility index (Phi) is 8.81. The summed E-state index contributed by atoms with van der Waals surface area (Å²) in [6.45, 7) is 10.8. The fraction of sp³-hybridized carbons (Fsp3) is 0.414. The van der Waals surface area contributed by atoms with Crippen molar-refractivity contribution in [2.45, 2.75) is 59.4 Å². The smallest absolute Gasteiger partial charge is 0.349 e. The molecule has 0 saturated carbocycles. The van der Waals surface area contributed by atoms with E-state index in [0.717, 1.165) is 47.3 Å². The lowest BCUT2D eigenvalue weighted by Crippen LogP contribution is -2.39. The van der Waals surface area contributed by atoms with Crippen molar-refractivity contribution in [3.05, 3.63) is 59.9 Å². The van der Waals surface area contributed by atoms with Gasteiger partial charge in [0.2, 0.25) is 0 Å². The minimum absolute atomic E-state index is 0.318. The van der Waals surface area contributed by atoms with Crippen molar-refractivity contribution in [1.82, 2.24) is 19.9 Å². The van der Waals surface area contributed by atoms with Crippen LogP contribution in [0.2, 0.25) is 0 Å². The molecule has 0 aliphatic heterocycles. The topological polar surface area (TPSA) is 114 Å². The number of pyridine rings is 1. The lowest BCUT2D eigenvalue weighted by Gasteiger charge is -2.24. The number of rotatable bonds is 13. The Morgan fingerprint density at radius 3 is 2.68 bits per heavy atom. The maximum atomic E-state index is 12.2.